The maximum absolute atomic E-state index is 5.59. The van der Waals surface area contributed by atoms with E-state index < -0.39 is 0 Å². The molecule has 0 fully saturated rings. The Kier molecular flexibility index (Phi) is 5.35. The zero-order chi connectivity index (χ0) is 12.8. The summed E-state index contributed by atoms with van der Waals surface area (Å²) in [4.78, 5) is 4.68. The van der Waals surface area contributed by atoms with Crippen molar-refractivity contribution in [3.8, 4) is 0 Å². The van der Waals surface area contributed by atoms with Crippen molar-refractivity contribution in [1.29, 1.82) is 0 Å². The molecule has 0 saturated carbocycles. The third-order valence-corrected chi connectivity index (χ3v) is 3.13. The predicted molar refractivity (Wildman–Crippen MR) is 77.3 cm³/mol. The average Bonchev–Trinajstić information content (AvgIpc) is 2.28. The second kappa shape index (κ2) is 6.55. The van der Waals surface area contributed by atoms with E-state index in [2.05, 4.69) is 31.1 Å². The highest BCUT2D eigenvalue weighted by atomic mass is 32.1. The van der Waals surface area contributed by atoms with Crippen LogP contribution in [-0.4, -0.2) is 16.0 Å². The Morgan fingerprint density at radius 1 is 1.53 bits per heavy atom. The fourth-order valence-electron chi connectivity index (χ4n) is 1.74. The first-order valence-electron chi connectivity index (χ1n) is 6.05. The molecule has 0 aliphatic rings. The zero-order valence-corrected chi connectivity index (χ0v) is 11.6. The van der Waals surface area contributed by atoms with Gasteiger partial charge < -0.3 is 11.1 Å². The Morgan fingerprint density at radius 2 is 2.24 bits per heavy atom. The minimum absolute atomic E-state index is 0.402. The molecule has 4 heteroatoms. The van der Waals surface area contributed by atoms with E-state index >= 15 is 0 Å². The van der Waals surface area contributed by atoms with E-state index in [0.717, 1.165) is 23.7 Å². The van der Waals surface area contributed by atoms with E-state index in [4.69, 9.17) is 18.0 Å². The van der Waals surface area contributed by atoms with Crippen molar-refractivity contribution in [3.63, 3.8) is 0 Å². The van der Waals surface area contributed by atoms with Gasteiger partial charge in [0.2, 0.25) is 0 Å². The topological polar surface area (TPSA) is 50.9 Å². The molecule has 1 heterocycles. The molecule has 0 saturated heterocycles. The molecule has 0 spiro atoms. The van der Waals surface area contributed by atoms with Gasteiger partial charge in [-0.05, 0) is 31.4 Å². The Bertz CT molecular complexity index is 379. The van der Waals surface area contributed by atoms with E-state index in [9.17, 15) is 0 Å². The van der Waals surface area contributed by atoms with Crippen molar-refractivity contribution in [2.45, 2.75) is 39.7 Å². The number of nitrogens with one attached hydrogen (secondary N) is 1. The first-order chi connectivity index (χ1) is 8.02. The second-order valence-corrected chi connectivity index (χ2v) is 5.03. The summed E-state index contributed by atoms with van der Waals surface area (Å²) in [7, 11) is 0. The lowest BCUT2D eigenvalue weighted by Crippen LogP contribution is -2.19. The minimum Gasteiger partial charge on any atom is -0.389 e. The molecule has 1 rings (SSSR count). The largest absolute Gasteiger partial charge is 0.389 e. The molecule has 1 aromatic rings. The average molecular weight is 251 g/mol. The van der Waals surface area contributed by atoms with E-state index in [1.807, 2.05) is 12.1 Å². The van der Waals surface area contributed by atoms with E-state index in [0.29, 0.717) is 11.0 Å². The van der Waals surface area contributed by atoms with Gasteiger partial charge in [0.15, 0.2) is 0 Å². The Labute approximate surface area is 109 Å². The lowest BCUT2D eigenvalue weighted by molar-refractivity contribution is 0.483. The number of thiocarbonyl (C=S) groups is 1. The highest BCUT2D eigenvalue weighted by molar-refractivity contribution is 7.80. The van der Waals surface area contributed by atoms with Gasteiger partial charge in [-0.15, -0.1) is 0 Å². The van der Waals surface area contributed by atoms with E-state index in [1.165, 1.54) is 6.42 Å². The maximum Gasteiger partial charge on any atom is 0.126 e. The Hall–Kier alpha value is -1.16. The normalized spacial score (nSPS) is 14.1. The summed E-state index contributed by atoms with van der Waals surface area (Å²) in [6.07, 6.45) is 4.06. The molecule has 2 unspecified atom stereocenters. The number of pyridine rings is 1. The zero-order valence-electron chi connectivity index (χ0n) is 10.7. The van der Waals surface area contributed by atoms with E-state index in [-0.39, 0.29) is 0 Å². The molecule has 2 atom stereocenters. The lowest BCUT2D eigenvalue weighted by Gasteiger charge is -2.18. The Balaban J connectivity index is 2.62. The third-order valence-electron chi connectivity index (χ3n) is 2.89. The van der Waals surface area contributed by atoms with Crippen molar-refractivity contribution in [2.75, 3.05) is 5.32 Å². The highest BCUT2D eigenvalue weighted by Gasteiger charge is 2.08. The van der Waals surface area contributed by atoms with Crippen LogP contribution in [0.1, 0.15) is 39.2 Å². The summed E-state index contributed by atoms with van der Waals surface area (Å²) >= 11 is 4.95. The van der Waals surface area contributed by atoms with Gasteiger partial charge >= 0.3 is 0 Å². The smallest absolute Gasteiger partial charge is 0.126 e. The summed E-state index contributed by atoms with van der Waals surface area (Å²) in [5.74, 6) is 1.56. The van der Waals surface area contributed by atoms with Crippen molar-refractivity contribution >= 4 is 23.0 Å². The van der Waals surface area contributed by atoms with Gasteiger partial charge in [0.05, 0.1) is 0 Å². The summed E-state index contributed by atoms with van der Waals surface area (Å²) in [6.45, 7) is 6.64. The number of nitrogens with zero attached hydrogens (tertiary/aromatic N) is 1. The first kappa shape index (κ1) is 13.9. The van der Waals surface area contributed by atoms with Gasteiger partial charge in [-0.1, -0.05) is 32.5 Å². The van der Waals surface area contributed by atoms with Gasteiger partial charge in [0.1, 0.15) is 10.8 Å². The van der Waals surface area contributed by atoms with Gasteiger partial charge in [0, 0.05) is 17.8 Å². The molecule has 0 amide bonds. The Morgan fingerprint density at radius 3 is 2.82 bits per heavy atom. The molecule has 0 aliphatic heterocycles. The minimum atomic E-state index is 0.402. The third kappa shape index (κ3) is 4.69. The fourth-order valence-corrected chi connectivity index (χ4v) is 1.87. The summed E-state index contributed by atoms with van der Waals surface area (Å²) in [5, 5.41) is 3.38. The van der Waals surface area contributed by atoms with Gasteiger partial charge in [-0.2, -0.15) is 0 Å². The summed E-state index contributed by atoms with van der Waals surface area (Å²) in [5.41, 5.74) is 6.45. The van der Waals surface area contributed by atoms with Crippen molar-refractivity contribution < 1.29 is 0 Å². The molecule has 3 nitrogen and oxygen atoms in total. The first-order valence-corrected chi connectivity index (χ1v) is 6.46. The highest BCUT2D eigenvalue weighted by Crippen LogP contribution is 2.14. The number of anilines is 1. The molecule has 0 aliphatic carbocycles. The number of aromatic nitrogens is 1. The molecular weight excluding hydrogens is 230 g/mol. The van der Waals surface area contributed by atoms with Crippen LogP contribution >= 0.6 is 12.2 Å². The molecule has 1 aromatic heterocycles. The molecule has 17 heavy (non-hydrogen) atoms. The van der Waals surface area contributed by atoms with Crippen LogP contribution in [0.3, 0.4) is 0 Å². The molecule has 0 bridgehead atoms. The molecule has 94 valence electrons. The van der Waals surface area contributed by atoms with Crippen molar-refractivity contribution in [3.05, 3.63) is 23.9 Å². The number of hydrogen-bond acceptors (Lipinski definition) is 3. The summed E-state index contributed by atoms with van der Waals surface area (Å²) in [6, 6.07) is 4.13. The number of rotatable bonds is 6. The summed E-state index contributed by atoms with van der Waals surface area (Å²) < 4.78 is 0. The molecule has 0 aromatic carbocycles. The van der Waals surface area contributed by atoms with Gasteiger partial charge in [0.25, 0.3) is 0 Å². The monoisotopic (exact) mass is 251 g/mol. The van der Waals surface area contributed by atoms with Crippen LogP contribution in [0.4, 0.5) is 5.82 Å². The quantitative estimate of drug-likeness (QED) is 0.763. The van der Waals surface area contributed by atoms with Crippen LogP contribution in [0.15, 0.2) is 18.3 Å². The van der Waals surface area contributed by atoms with Crippen LogP contribution in [0.2, 0.25) is 0 Å². The SMILES string of the molecule is CCC(C)CC(C)Nc1cc(C(N)=S)ccn1. The van der Waals surface area contributed by atoms with Crippen LogP contribution in [0.5, 0.6) is 0 Å². The molecular formula is C13H21N3S. The standard InChI is InChI=1S/C13H21N3S/c1-4-9(2)7-10(3)16-12-8-11(13(14)17)5-6-15-12/h5-6,8-10H,4,7H2,1-3H3,(H2,14,17)(H,15,16). The van der Waals surface area contributed by atoms with Crippen LogP contribution in [-0.2, 0) is 0 Å². The van der Waals surface area contributed by atoms with Crippen LogP contribution in [0.25, 0.3) is 0 Å². The van der Waals surface area contributed by atoms with Crippen LogP contribution < -0.4 is 11.1 Å². The predicted octanol–water partition coefficient (Wildman–Crippen LogP) is 2.95. The second-order valence-electron chi connectivity index (χ2n) is 4.59. The number of hydrogen-bond donors (Lipinski definition) is 2. The van der Waals surface area contributed by atoms with Gasteiger partial charge in [-0.3, -0.25) is 0 Å². The van der Waals surface area contributed by atoms with E-state index in [1.54, 1.807) is 6.20 Å². The van der Waals surface area contributed by atoms with Gasteiger partial charge in [-0.25, -0.2) is 4.98 Å². The van der Waals surface area contributed by atoms with Crippen LogP contribution in [0, 0.1) is 5.92 Å². The fraction of sp³-hybridized carbons (Fsp3) is 0.538. The number of nitrogens with two attached hydrogens (primary N) is 1. The molecule has 0 radical (unpaired) electrons. The van der Waals surface area contributed by atoms with Crippen molar-refractivity contribution in [2.24, 2.45) is 11.7 Å². The van der Waals surface area contributed by atoms with Crippen molar-refractivity contribution in [1.82, 2.24) is 4.98 Å². The lowest BCUT2D eigenvalue weighted by atomic mass is 10.0. The maximum atomic E-state index is 5.59. The molecule has 3 N–H and O–H groups in total.